The SMILES string of the molecule is Nc1nc(N)c2[nH]c(SCCOCP(=O)(O)O)nc2n1. The number of aromatic amines is 1. The predicted octanol–water partition coefficient (Wildman–Crippen LogP) is -0.239. The first-order valence-corrected chi connectivity index (χ1v) is 8.17. The number of nitrogen functional groups attached to an aromatic ring is 2. The number of thioether (sulfide) groups is 1. The monoisotopic (exact) mass is 320 g/mol. The molecule has 0 aliphatic carbocycles. The molecule has 0 aliphatic heterocycles. The number of aromatic nitrogens is 4. The normalized spacial score (nSPS) is 12.1. The van der Waals surface area contributed by atoms with Crippen LogP contribution in [0.5, 0.6) is 0 Å². The number of nitrogens with one attached hydrogen (secondary N) is 1. The van der Waals surface area contributed by atoms with Gasteiger partial charge in [0.1, 0.15) is 11.9 Å². The highest BCUT2D eigenvalue weighted by Gasteiger charge is 2.13. The second kappa shape index (κ2) is 5.94. The van der Waals surface area contributed by atoms with Crippen LogP contribution in [0, 0.1) is 0 Å². The lowest BCUT2D eigenvalue weighted by Crippen LogP contribution is -2.00. The summed E-state index contributed by atoms with van der Waals surface area (Å²) in [6.07, 6.45) is -0.595. The van der Waals surface area contributed by atoms with Crippen LogP contribution in [-0.2, 0) is 9.30 Å². The van der Waals surface area contributed by atoms with E-state index in [4.69, 9.17) is 26.0 Å². The number of fused-ring (bicyclic) bond motifs is 1. The average Bonchev–Trinajstić information content (AvgIpc) is 2.70. The molecular weight excluding hydrogens is 307 g/mol. The number of anilines is 2. The van der Waals surface area contributed by atoms with Crippen LogP contribution in [0.1, 0.15) is 0 Å². The maximum Gasteiger partial charge on any atom is 0.350 e. The van der Waals surface area contributed by atoms with E-state index in [1.165, 1.54) is 11.8 Å². The van der Waals surface area contributed by atoms with Gasteiger partial charge in [0.15, 0.2) is 16.6 Å². The summed E-state index contributed by atoms with van der Waals surface area (Å²) in [6, 6.07) is 0. The molecule has 2 rings (SSSR count). The molecule has 0 spiro atoms. The second-order valence-electron chi connectivity index (χ2n) is 3.76. The van der Waals surface area contributed by atoms with Crippen molar-refractivity contribution in [2.45, 2.75) is 5.16 Å². The summed E-state index contributed by atoms with van der Waals surface area (Å²) in [5.74, 6) is 0.718. The topological polar surface area (TPSA) is 173 Å². The summed E-state index contributed by atoms with van der Waals surface area (Å²) >= 11 is 1.30. The van der Waals surface area contributed by atoms with Crippen molar-refractivity contribution in [3.63, 3.8) is 0 Å². The van der Waals surface area contributed by atoms with Gasteiger partial charge in [0.05, 0.1) is 6.61 Å². The highest BCUT2D eigenvalue weighted by molar-refractivity contribution is 7.99. The second-order valence-corrected chi connectivity index (χ2v) is 6.43. The standard InChI is InChI=1S/C8H13N6O4PS/c9-5-4-6(13-7(10)12-5)14-8(11-4)20-2-1-18-3-19(15,16)17/h1-3H2,(H2,15,16,17)(H5,9,10,11,12,13,14). The van der Waals surface area contributed by atoms with E-state index < -0.39 is 13.9 Å². The third-order valence-electron chi connectivity index (χ3n) is 2.10. The zero-order valence-corrected chi connectivity index (χ0v) is 11.9. The molecule has 0 amide bonds. The minimum absolute atomic E-state index is 0.0445. The first kappa shape index (κ1) is 15.0. The van der Waals surface area contributed by atoms with Gasteiger partial charge in [-0.25, -0.2) is 4.98 Å². The molecule has 20 heavy (non-hydrogen) atoms. The molecule has 2 aromatic rings. The highest BCUT2D eigenvalue weighted by atomic mass is 32.2. The van der Waals surface area contributed by atoms with E-state index in [2.05, 4.69) is 19.9 Å². The Labute approximate surface area is 117 Å². The van der Waals surface area contributed by atoms with E-state index in [0.717, 1.165) is 0 Å². The van der Waals surface area contributed by atoms with Crippen LogP contribution in [0.3, 0.4) is 0 Å². The van der Waals surface area contributed by atoms with Gasteiger partial charge in [0, 0.05) is 5.75 Å². The largest absolute Gasteiger partial charge is 0.382 e. The number of rotatable bonds is 6. The molecule has 0 radical (unpaired) electrons. The Morgan fingerprint density at radius 3 is 2.75 bits per heavy atom. The summed E-state index contributed by atoms with van der Waals surface area (Å²) in [5.41, 5.74) is 12.0. The molecule has 0 fully saturated rings. The Morgan fingerprint density at radius 2 is 2.05 bits per heavy atom. The molecule has 0 aromatic carbocycles. The van der Waals surface area contributed by atoms with Gasteiger partial charge in [0.2, 0.25) is 5.95 Å². The molecule has 2 aromatic heterocycles. The van der Waals surface area contributed by atoms with Gasteiger partial charge in [-0.1, -0.05) is 11.8 Å². The number of nitrogens with zero attached hydrogens (tertiary/aromatic N) is 3. The number of ether oxygens (including phenoxy) is 1. The lowest BCUT2D eigenvalue weighted by Gasteiger charge is -2.04. The van der Waals surface area contributed by atoms with Crippen molar-refractivity contribution in [2.24, 2.45) is 0 Å². The van der Waals surface area contributed by atoms with Crippen LogP contribution >= 0.6 is 19.4 Å². The van der Waals surface area contributed by atoms with E-state index in [1.54, 1.807) is 0 Å². The smallest absolute Gasteiger partial charge is 0.350 e. The summed E-state index contributed by atoms with van der Waals surface area (Å²) in [5, 5.41) is 0.548. The zero-order valence-electron chi connectivity index (χ0n) is 10.2. The zero-order chi connectivity index (χ0) is 14.8. The van der Waals surface area contributed by atoms with E-state index in [-0.39, 0.29) is 18.4 Å². The van der Waals surface area contributed by atoms with Crippen molar-refractivity contribution in [3.05, 3.63) is 0 Å². The number of hydrogen-bond donors (Lipinski definition) is 5. The fourth-order valence-electron chi connectivity index (χ4n) is 1.36. The molecule has 0 bridgehead atoms. The number of imidazole rings is 1. The summed E-state index contributed by atoms with van der Waals surface area (Å²) in [4.78, 5) is 32.0. The minimum Gasteiger partial charge on any atom is -0.382 e. The summed E-state index contributed by atoms with van der Waals surface area (Å²) < 4.78 is 15.4. The molecule has 110 valence electrons. The third-order valence-corrected chi connectivity index (χ3v) is 3.46. The first-order chi connectivity index (χ1) is 9.35. The molecular formula is C8H13N6O4PS. The fourth-order valence-corrected chi connectivity index (χ4v) is 2.45. The van der Waals surface area contributed by atoms with E-state index in [9.17, 15) is 4.57 Å². The molecule has 0 aliphatic rings. The minimum atomic E-state index is -4.12. The summed E-state index contributed by atoms with van der Waals surface area (Å²) in [7, 11) is -4.12. The van der Waals surface area contributed by atoms with Gasteiger partial charge in [-0.3, -0.25) is 4.57 Å². The molecule has 12 heteroatoms. The Kier molecular flexibility index (Phi) is 4.45. The number of H-pyrrole nitrogens is 1. The maximum absolute atomic E-state index is 10.6. The highest BCUT2D eigenvalue weighted by Crippen LogP contribution is 2.33. The van der Waals surface area contributed by atoms with Gasteiger partial charge >= 0.3 is 7.60 Å². The van der Waals surface area contributed by atoms with Crippen molar-refractivity contribution in [1.29, 1.82) is 0 Å². The van der Waals surface area contributed by atoms with Crippen LogP contribution in [0.15, 0.2) is 5.16 Å². The Hall–Kier alpha value is -1.39. The van der Waals surface area contributed by atoms with Crippen molar-refractivity contribution < 1.29 is 19.1 Å². The van der Waals surface area contributed by atoms with Crippen LogP contribution in [-0.4, -0.2) is 48.4 Å². The maximum atomic E-state index is 10.6. The van der Waals surface area contributed by atoms with Crippen LogP contribution in [0.25, 0.3) is 11.2 Å². The quantitative estimate of drug-likeness (QED) is 0.271. The molecule has 2 heterocycles. The van der Waals surface area contributed by atoms with Crippen molar-refractivity contribution >= 4 is 42.3 Å². The molecule has 0 atom stereocenters. The average molecular weight is 320 g/mol. The fraction of sp³-hybridized carbons (Fsp3) is 0.375. The van der Waals surface area contributed by atoms with E-state index in [1.807, 2.05) is 0 Å². The van der Waals surface area contributed by atoms with Crippen molar-refractivity contribution in [3.8, 4) is 0 Å². The predicted molar refractivity (Wildman–Crippen MR) is 74.1 cm³/mol. The van der Waals surface area contributed by atoms with Gasteiger partial charge in [-0.05, 0) is 0 Å². The Balaban J connectivity index is 1.91. The molecule has 0 saturated carbocycles. The lowest BCUT2D eigenvalue weighted by molar-refractivity contribution is 0.173. The van der Waals surface area contributed by atoms with Gasteiger partial charge in [-0.2, -0.15) is 9.97 Å². The van der Waals surface area contributed by atoms with Gasteiger partial charge in [-0.15, -0.1) is 0 Å². The van der Waals surface area contributed by atoms with Crippen molar-refractivity contribution in [2.75, 3.05) is 30.2 Å². The molecule has 7 N–H and O–H groups in total. The first-order valence-electron chi connectivity index (χ1n) is 5.39. The van der Waals surface area contributed by atoms with E-state index >= 15 is 0 Å². The molecule has 10 nitrogen and oxygen atoms in total. The number of hydrogen-bond acceptors (Lipinski definition) is 8. The van der Waals surface area contributed by atoms with Crippen molar-refractivity contribution in [1.82, 2.24) is 19.9 Å². The number of nitrogens with two attached hydrogens (primary N) is 2. The van der Waals surface area contributed by atoms with Gasteiger partial charge < -0.3 is 31.0 Å². The molecule has 0 saturated heterocycles. The molecule has 0 unspecified atom stereocenters. The Morgan fingerprint density at radius 1 is 1.30 bits per heavy atom. The third kappa shape index (κ3) is 4.05. The summed E-state index contributed by atoms with van der Waals surface area (Å²) in [6.45, 7) is 0.177. The van der Waals surface area contributed by atoms with Crippen LogP contribution in [0.2, 0.25) is 0 Å². The van der Waals surface area contributed by atoms with Crippen LogP contribution in [0.4, 0.5) is 11.8 Å². The Bertz CT molecular complexity index is 658. The lowest BCUT2D eigenvalue weighted by atomic mass is 10.5. The van der Waals surface area contributed by atoms with E-state index in [0.29, 0.717) is 22.1 Å². The van der Waals surface area contributed by atoms with Crippen LogP contribution < -0.4 is 11.5 Å². The van der Waals surface area contributed by atoms with Gasteiger partial charge in [0.25, 0.3) is 0 Å².